The number of aryl methyl sites for hydroxylation is 1. The summed E-state index contributed by atoms with van der Waals surface area (Å²) in [5.74, 6) is -0.783. The van der Waals surface area contributed by atoms with Crippen LogP contribution in [0.5, 0.6) is 11.5 Å². The molecule has 2 heterocycles. The van der Waals surface area contributed by atoms with E-state index in [0.29, 0.717) is 63.2 Å². The third-order valence-electron chi connectivity index (χ3n) is 7.16. The van der Waals surface area contributed by atoms with Crippen LogP contribution in [-0.2, 0) is 33.2 Å². The van der Waals surface area contributed by atoms with Gasteiger partial charge in [-0.3, -0.25) is 18.9 Å². The van der Waals surface area contributed by atoms with Crippen LogP contribution in [-0.4, -0.2) is 37.1 Å². The van der Waals surface area contributed by atoms with Gasteiger partial charge in [-0.1, -0.05) is 30.3 Å². The molecule has 2 aromatic heterocycles. The maximum atomic E-state index is 13.9. The van der Waals surface area contributed by atoms with E-state index in [0.717, 1.165) is 12.1 Å². The Morgan fingerprint density at radius 1 is 0.978 bits per heavy atom. The molecule has 236 valence electrons. The first-order valence-electron chi connectivity index (χ1n) is 14.1. The summed E-state index contributed by atoms with van der Waals surface area (Å²) in [5, 5.41) is 1.57. The second-order valence-corrected chi connectivity index (χ2v) is 12.0. The Labute approximate surface area is 256 Å². The third kappa shape index (κ3) is 6.39. The number of sulfonamides is 1. The van der Waals surface area contributed by atoms with E-state index >= 15 is 0 Å². The molecule has 1 amide bonds. The summed E-state index contributed by atoms with van der Waals surface area (Å²) < 4.78 is 80.7. The third-order valence-corrected chi connectivity index (χ3v) is 8.41. The van der Waals surface area contributed by atoms with Gasteiger partial charge in [0.1, 0.15) is 5.75 Å². The van der Waals surface area contributed by atoms with Crippen molar-refractivity contribution >= 4 is 37.6 Å². The molecule has 0 aliphatic carbocycles. The predicted molar refractivity (Wildman–Crippen MR) is 164 cm³/mol. The first-order chi connectivity index (χ1) is 21.3. The Bertz CT molecular complexity index is 2080. The molecule has 0 aliphatic rings. The number of carbonyl (C=O) groups excluding carboxylic acids is 1. The number of nitrogens with one attached hydrogen (secondary N) is 2. The SMILES string of the molecule is CCOc1c2cn(-c3ccc(CS(=O)(=O)NC(=O)Cc4ccccc4C(F)(F)F)cc3C)c(=O)c2c(OCC)c2ccc[nH]c12. The van der Waals surface area contributed by atoms with Gasteiger partial charge in [0.15, 0.2) is 5.75 Å². The van der Waals surface area contributed by atoms with Crippen LogP contribution >= 0.6 is 0 Å². The summed E-state index contributed by atoms with van der Waals surface area (Å²) in [4.78, 5) is 29.5. The van der Waals surface area contributed by atoms with Gasteiger partial charge >= 0.3 is 6.18 Å². The number of halogens is 3. The van der Waals surface area contributed by atoms with E-state index in [9.17, 15) is 31.2 Å². The molecular weight excluding hydrogens is 611 g/mol. The highest BCUT2D eigenvalue weighted by Gasteiger charge is 2.33. The summed E-state index contributed by atoms with van der Waals surface area (Å²) in [6.07, 6.45) is -2.04. The molecule has 0 spiro atoms. The molecule has 0 aliphatic heterocycles. The number of aromatic amines is 1. The van der Waals surface area contributed by atoms with Crippen LogP contribution in [0.2, 0.25) is 0 Å². The van der Waals surface area contributed by atoms with Crippen LogP contribution in [0.1, 0.15) is 36.1 Å². The van der Waals surface area contributed by atoms with Crippen molar-refractivity contribution < 1.29 is 35.9 Å². The van der Waals surface area contributed by atoms with Crippen molar-refractivity contribution in [1.82, 2.24) is 14.3 Å². The first kappa shape index (κ1) is 31.6. The summed E-state index contributed by atoms with van der Waals surface area (Å²) in [6.45, 7) is 6.05. The Hall–Kier alpha value is -4.78. The fraction of sp³-hybridized carbons (Fsp3) is 0.250. The van der Waals surface area contributed by atoms with Crippen molar-refractivity contribution in [2.45, 2.75) is 39.1 Å². The molecule has 5 aromatic rings. The molecule has 9 nitrogen and oxygen atoms in total. The molecule has 2 N–H and O–H groups in total. The Kier molecular flexibility index (Phi) is 8.66. The van der Waals surface area contributed by atoms with Gasteiger partial charge in [0.05, 0.1) is 52.9 Å². The number of pyridine rings is 1. The van der Waals surface area contributed by atoms with E-state index < -0.39 is 39.8 Å². The number of nitrogens with zero attached hydrogens (tertiary/aromatic N) is 1. The zero-order valence-electron chi connectivity index (χ0n) is 24.6. The first-order valence-corrected chi connectivity index (χ1v) is 15.7. The number of benzene rings is 3. The summed E-state index contributed by atoms with van der Waals surface area (Å²) in [6, 6.07) is 12.8. The van der Waals surface area contributed by atoms with Gasteiger partial charge in [-0.25, -0.2) is 8.42 Å². The molecule has 3 aromatic carbocycles. The van der Waals surface area contributed by atoms with Crippen LogP contribution in [0.3, 0.4) is 0 Å². The quantitative estimate of drug-likeness (QED) is 0.199. The number of carbonyl (C=O) groups is 1. The maximum absolute atomic E-state index is 13.9. The van der Waals surface area contributed by atoms with E-state index in [1.54, 1.807) is 37.5 Å². The van der Waals surface area contributed by atoms with E-state index in [4.69, 9.17) is 9.47 Å². The highest BCUT2D eigenvalue weighted by Crippen LogP contribution is 2.41. The van der Waals surface area contributed by atoms with Gasteiger partial charge < -0.3 is 14.5 Å². The number of H-pyrrole nitrogens is 1. The van der Waals surface area contributed by atoms with Crippen molar-refractivity contribution in [3.63, 3.8) is 0 Å². The molecule has 0 fully saturated rings. The van der Waals surface area contributed by atoms with Crippen LogP contribution in [0.4, 0.5) is 13.2 Å². The van der Waals surface area contributed by atoms with Crippen LogP contribution in [0.15, 0.2) is 71.8 Å². The number of hydrogen-bond donors (Lipinski definition) is 2. The monoisotopic (exact) mass is 641 g/mol. The lowest BCUT2D eigenvalue weighted by atomic mass is 10.0. The van der Waals surface area contributed by atoms with Gasteiger partial charge in [-0.05, 0) is 61.7 Å². The smallest absolute Gasteiger partial charge is 0.416 e. The standard InChI is InChI=1S/C32H30F3N3O6S/c1-4-43-29-22-10-8-14-36-28(22)30(44-5-2)23-17-38(31(40)27(23)29)25-13-12-20(15-19(25)3)18-45(41,42)37-26(39)16-21-9-6-7-11-24(21)32(33,34)35/h6-15,17,36H,4-5,16,18H2,1-3H3,(H,37,39). The molecule has 0 atom stereocenters. The Morgan fingerprint density at radius 3 is 2.38 bits per heavy atom. The highest BCUT2D eigenvalue weighted by atomic mass is 32.2. The Morgan fingerprint density at radius 2 is 1.69 bits per heavy atom. The zero-order chi connectivity index (χ0) is 32.5. The van der Waals surface area contributed by atoms with Crippen molar-refractivity contribution in [3.05, 3.63) is 99.6 Å². The fourth-order valence-corrected chi connectivity index (χ4v) is 6.51. The summed E-state index contributed by atoms with van der Waals surface area (Å²) in [5.41, 5.74) is 0.342. The molecule has 45 heavy (non-hydrogen) atoms. The lowest BCUT2D eigenvalue weighted by Crippen LogP contribution is -2.33. The van der Waals surface area contributed by atoms with Crippen LogP contribution in [0.25, 0.3) is 27.4 Å². The normalized spacial score (nSPS) is 12.0. The number of aromatic nitrogens is 2. The van der Waals surface area contributed by atoms with Crippen molar-refractivity contribution in [3.8, 4) is 17.2 Å². The van der Waals surface area contributed by atoms with E-state index in [2.05, 4.69) is 4.98 Å². The molecular formula is C32H30F3N3O6S. The van der Waals surface area contributed by atoms with E-state index in [-0.39, 0.29) is 11.1 Å². The lowest BCUT2D eigenvalue weighted by Gasteiger charge is -2.13. The minimum absolute atomic E-state index is 0.307. The lowest BCUT2D eigenvalue weighted by molar-refractivity contribution is -0.138. The van der Waals surface area contributed by atoms with Crippen LogP contribution in [0, 0.1) is 6.92 Å². The van der Waals surface area contributed by atoms with Gasteiger partial charge in [-0.15, -0.1) is 0 Å². The van der Waals surface area contributed by atoms with Gasteiger partial charge in [0.25, 0.3) is 5.56 Å². The van der Waals surface area contributed by atoms with Crippen molar-refractivity contribution in [2.75, 3.05) is 13.2 Å². The van der Waals surface area contributed by atoms with Crippen molar-refractivity contribution in [1.29, 1.82) is 0 Å². The average molecular weight is 642 g/mol. The molecule has 0 saturated carbocycles. The number of ether oxygens (including phenoxy) is 2. The predicted octanol–water partition coefficient (Wildman–Crippen LogP) is 5.79. The second kappa shape index (κ2) is 12.3. The second-order valence-electron chi connectivity index (χ2n) is 10.3. The Balaban J connectivity index is 1.45. The minimum atomic E-state index is -4.69. The molecule has 0 unspecified atom stereocenters. The average Bonchev–Trinajstić information content (AvgIpc) is 3.30. The number of alkyl halides is 3. The van der Waals surface area contributed by atoms with Crippen LogP contribution < -0.4 is 19.8 Å². The number of hydrogen-bond acceptors (Lipinski definition) is 6. The van der Waals surface area contributed by atoms with Gasteiger partial charge in [0, 0.05) is 17.8 Å². The molecule has 0 radical (unpaired) electrons. The maximum Gasteiger partial charge on any atom is 0.416 e. The van der Waals surface area contributed by atoms with E-state index in [1.807, 2.05) is 24.6 Å². The largest absolute Gasteiger partial charge is 0.492 e. The number of fused-ring (bicyclic) bond motifs is 2. The minimum Gasteiger partial charge on any atom is -0.492 e. The fourth-order valence-electron chi connectivity index (χ4n) is 5.40. The zero-order valence-corrected chi connectivity index (χ0v) is 25.4. The molecule has 13 heteroatoms. The highest BCUT2D eigenvalue weighted by molar-refractivity contribution is 7.89. The van der Waals surface area contributed by atoms with Gasteiger partial charge in [0.2, 0.25) is 15.9 Å². The number of rotatable bonds is 10. The van der Waals surface area contributed by atoms with E-state index in [1.165, 1.54) is 22.8 Å². The molecule has 0 bridgehead atoms. The number of amides is 1. The van der Waals surface area contributed by atoms with Gasteiger partial charge in [-0.2, -0.15) is 13.2 Å². The van der Waals surface area contributed by atoms with Crippen molar-refractivity contribution in [2.24, 2.45) is 0 Å². The summed E-state index contributed by atoms with van der Waals surface area (Å²) in [7, 11) is -4.26. The molecule has 5 rings (SSSR count). The molecule has 0 saturated heterocycles. The summed E-state index contributed by atoms with van der Waals surface area (Å²) >= 11 is 0. The topological polar surface area (TPSA) is 119 Å².